The molecular formula is C12H18ClN7O. The first-order chi connectivity index (χ1) is 10.0. The highest BCUT2D eigenvalue weighted by atomic mass is 35.5. The normalized spacial score (nSPS) is 10.9. The highest BCUT2D eigenvalue weighted by Crippen LogP contribution is 2.20. The average Bonchev–Trinajstić information content (AvgIpc) is 3.04. The fourth-order valence-electron chi connectivity index (χ4n) is 1.93. The Labute approximate surface area is 127 Å². The van der Waals surface area contributed by atoms with Crippen LogP contribution in [-0.4, -0.2) is 37.2 Å². The van der Waals surface area contributed by atoms with Crippen molar-refractivity contribution in [1.82, 2.24) is 30.1 Å². The molecule has 0 radical (unpaired) electrons. The van der Waals surface area contributed by atoms with E-state index in [1.807, 2.05) is 18.5 Å². The second-order valence-corrected chi connectivity index (χ2v) is 4.93. The summed E-state index contributed by atoms with van der Waals surface area (Å²) < 4.78 is 3.51. The molecule has 0 bridgehead atoms. The third-order valence-electron chi connectivity index (χ3n) is 3.00. The lowest BCUT2D eigenvalue weighted by Crippen LogP contribution is -2.29. The Kier molecular flexibility index (Phi) is 4.92. The van der Waals surface area contributed by atoms with E-state index in [1.165, 1.54) is 0 Å². The third-order valence-corrected chi connectivity index (χ3v) is 3.49. The monoisotopic (exact) mass is 311 g/mol. The van der Waals surface area contributed by atoms with Crippen molar-refractivity contribution in [3.8, 4) is 0 Å². The predicted molar refractivity (Wildman–Crippen MR) is 77.7 cm³/mol. The van der Waals surface area contributed by atoms with Crippen molar-refractivity contribution >= 4 is 17.5 Å². The molecule has 114 valence electrons. The van der Waals surface area contributed by atoms with Crippen LogP contribution in [0.4, 0.5) is 0 Å². The van der Waals surface area contributed by atoms with E-state index >= 15 is 0 Å². The summed E-state index contributed by atoms with van der Waals surface area (Å²) in [5.41, 5.74) is 7.56. The van der Waals surface area contributed by atoms with Gasteiger partial charge in [0.25, 0.3) is 0 Å². The van der Waals surface area contributed by atoms with Gasteiger partial charge in [-0.2, -0.15) is 5.10 Å². The molecule has 0 saturated carbocycles. The maximum Gasteiger partial charge on any atom is 0.234 e. The summed E-state index contributed by atoms with van der Waals surface area (Å²) in [6, 6.07) is 0. The Morgan fingerprint density at radius 2 is 2.29 bits per heavy atom. The number of aryl methyl sites for hydroxylation is 2. The SMILES string of the molecule is CCn1nc(C)c(Cl)c1Cn1cc(CNC(=O)CN)nn1. The Bertz CT molecular complexity index is 634. The summed E-state index contributed by atoms with van der Waals surface area (Å²) in [7, 11) is 0. The predicted octanol–water partition coefficient (Wildman–Crippen LogP) is 0.0795. The highest BCUT2D eigenvalue weighted by Gasteiger charge is 2.14. The number of halogens is 1. The van der Waals surface area contributed by atoms with E-state index < -0.39 is 0 Å². The van der Waals surface area contributed by atoms with Crippen LogP contribution in [-0.2, 0) is 24.4 Å². The molecule has 0 aliphatic heterocycles. The van der Waals surface area contributed by atoms with E-state index in [-0.39, 0.29) is 12.5 Å². The molecule has 0 aliphatic rings. The molecule has 9 heteroatoms. The number of nitrogens with one attached hydrogen (secondary N) is 1. The van der Waals surface area contributed by atoms with E-state index in [2.05, 4.69) is 20.7 Å². The van der Waals surface area contributed by atoms with E-state index in [0.29, 0.717) is 23.8 Å². The van der Waals surface area contributed by atoms with Gasteiger partial charge in [0.05, 0.1) is 42.2 Å². The zero-order valence-corrected chi connectivity index (χ0v) is 12.8. The smallest absolute Gasteiger partial charge is 0.234 e. The van der Waals surface area contributed by atoms with Crippen LogP contribution in [0.25, 0.3) is 0 Å². The first-order valence-electron chi connectivity index (χ1n) is 6.62. The highest BCUT2D eigenvalue weighted by molar-refractivity contribution is 6.31. The van der Waals surface area contributed by atoms with Crippen molar-refractivity contribution in [2.45, 2.75) is 33.5 Å². The van der Waals surface area contributed by atoms with Crippen LogP contribution in [0.1, 0.15) is 24.0 Å². The second-order valence-electron chi connectivity index (χ2n) is 4.55. The van der Waals surface area contributed by atoms with Gasteiger partial charge in [-0.3, -0.25) is 9.48 Å². The number of hydrogen-bond acceptors (Lipinski definition) is 5. The minimum Gasteiger partial charge on any atom is -0.349 e. The van der Waals surface area contributed by atoms with Crippen molar-refractivity contribution < 1.29 is 4.79 Å². The quantitative estimate of drug-likeness (QED) is 0.786. The van der Waals surface area contributed by atoms with Gasteiger partial charge in [-0.05, 0) is 13.8 Å². The summed E-state index contributed by atoms with van der Waals surface area (Å²) in [4.78, 5) is 11.1. The zero-order chi connectivity index (χ0) is 15.4. The number of aromatic nitrogens is 5. The number of hydrogen-bond donors (Lipinski definition) is 2. The molecule has 0 saturated heterocycles. The van der Waals surface area contributed by atoms with Crippen LogP contribution in [0.15, 0.2) is 6.20 Å². The summed E-state index contributed by atoms with van der Waals surface area (Å²) in [6.07, 6.45) is 1.76. The lowest BCUT2D eigenvalue weighted by atomic mass is 10.3. The minimum absolute atomic E-state index is 0.0429. The van der Waals surface area contributed by atoms with Crippen LogP contribution in [0.2, 0.25) is 5.02 Å². The van der Waals surface area contributed by atoms with Gasteiger partial charge in [-0.25, -0.2) is 4.68 Å². The van der Waals surface area contributed by atoms with Gasteiger partial charge in [0, 0.05) is 6.54 Å². The second kappa shape index (κ2) is 6.68. The van der Waals surface area contributed by atoms with Crippen LogP contribution in [0, 0.1) is 6.92 Å². The van der Waals surface area contributed by atoms with Gasteiger partial charge in [0.2, 0.25) is 5.91 Å². The summed E-state index contributed by atoms with van der Waals surface area (Å²) in [5.74, 6) is -0.229. The summed E-state index contributed by atoms with van der Waals surface area (Å²) >= 11 is 6.26. The fourth-order valence-corrected chi connectivity index (χ4v) is 2.13. The van der Waals surface area contributed by atoms with E-state index in [9.17, 15) is 4.79 Å². The molecule has 2 rings (SSSR count). The Hall–Kier alpha value is -1.93. The van der Waals surface area contributed by atoms with Crippen LogP contribution < -0.4 is 11.1 Å². The number of carbonyl (C=O) groups is 1. The first kappa shape index (κ1) is 15.5. The molecule has 2 aromatic rings. The maximum absolute atomic E-state index is 11.1. The minimum atomic E-state index is -0.229. The Balaban J connectivity index is 2.07. The van der Waals surface area contributed by atoms with Gasteiger partial charge in [0.1, 0.15) is 5.69 Å². The standard InChI is InChI=1S/C12H18ClN7O/c1-3-20-10(12(13)8(2)17-20)7-19-6-9(16-18-19)5-15-11(21)4-14/h6H,3-5,7,14H2,1-2H3,(H,15,21). The zero-order valence-electron chi connectivity index (χ0n) is 12.0. The van der Waals surface area contributed by atoms with E-state index in [0.717, 1.165) is 17.9 Å². The summed E-state index contributed by atoms with van der Waals surface area (Å²) in [5, 5.41) is 15.7. The Morgan fingerprint density at radius 3 is 2.95 bits per heavy atom. The van der Waals surface area contributed by atoms with Gasteiger partial charge < -0.3 is 11.1 Å². The van der Waals surface area contributed by atoms with Gasteiger partial charge in [-0.1, -0.05) is 16.8 Å². The van der Waals surface area contributed by atoms with Crippen LogP contribution in [0.5, 0.6) is 0 Å². The van der Waals surface area contributed by atoms with Crippen molar-refractivity contribution in [3.63, 3.8) is 0 Å². The molecule has 0 atom stereocenters. The maximum atomic E-state index is 11.1. The molecule has 3 N–H and O–H groups in total. The van der Waals surface area contributed by atoms with Crippen LogP contribution >= 0.6 is 11.6 Å². The van der Waals surface area contributed by atoms with Gasteiger partial charge in [-0.15, -0.1) is 5.10 Å². The first-order valence-corrected chi connectivity index (χ1v) is 7.00. The van der Waals surface area contributed by atoms with Gasteiger partial charge >= 0.3 is 0 Å². The Morgan fingerprint density at radius 1 is 1.52 bits per heavy atom. The molecular weight excluding hydrogens is 294 g/mol. The number of carbonyl (C=O) groups excluding carboxylic acids is 1. The topological polar surface area (TPSA) is 104 Å². The van der Waals surface area contributed by atoms with Crippen molar-refractivity contribution in [3.05, 3.63) is 28.3 Å². The molecule has 0 fully saturated rings. The van der Waals surface area contributed by atoms with Crippen molar-refractivity contribution in [2.24, 2.45) is 5.73 Å². The van der Waals surface area contributed by atoms with E-state index in [4.69, 9.17) is 17.3 Å². The largest absolute Gasteiger partial charge is 0.349 e. The number of nitrogens with two attached hydrogens (primary N) is 1. The van der Waals surface area contributed by atoms with Crippen molar-refractivity contribution in [2.75, 3.05) is 6.54 Å². The molecule has 2 heterocycles. The molecule has 0 aromatic carbocycles. The summed E-state index contributed by atoms with van der Waals surface area (Å²) in [6.45, 7) is 5.34. The van der Waals surface area contributed by atoms with Crippen LogP contribution in [0.3, 0.4) is 0 Å². The lowest BCUT2D eigenvalue weighted by molar-refractivity contribution is -0.119. The fraction of sp³-hybridized carbons (Fsp3) is 0.500. The molecule has 21 heavy (non-hydrogen) atoms. The molecule has 0 spiro atoms. The third kappa shape index (κ3) is 3.59. The number of nitrogens with zero attached hydrogens (tertiary/aromatic N) is 5. The molecule has 1 amide bonds. The van der Waals surface area contributed by atoms with E-state index in [1.54, 1.807) is 10.9 Å². The van der Waals surface area contributed by atoms with Gasteiger partial charge in [0.15, 0.2) is 0 Å². The van der Waals surface area contributed by atoms with Crippen molar-refractivity contribution in [1.29, 1.82) is 0 Å². The molecule has 0 aliphatic carbocycles. The average molecular weight is 312 g/mol. The molecule has 0 unspecified atom stereocenters. The number of rotatable bonds is 6. The molecule has 8 nitrogen and oxygen atoms in total. The lowest BCUT2D eigenvalue weighted by Gasteiger charge is -2.04. The number of amides is 1. The molecule has 2 aromatic heterocycles.